The van der Waals surface area contributed by atoms with Gasteiger partial charge in [-0.2, -0.15) is 14.6 Å². The maximum absolute atomic E-state index is 5.43. The molecule has 0 aliphatic heterocycles. The van der Waals surface area contributed by atoms with Crippen LogP contribution in [0.25, 0.3) is 17.0 Å². The molecule has 4 rings (SSSR count). The maximum Gasteiger partial charge on any atom is 0.249 e. The lowest BCUT2D eigenvalue weighted by molar-refractivity contribution is 0.367. The fourth-order valence-electron chi connectivity index (χ4n) is 2.64. The van der Waals surface area contributed by atoms with Crippen LogP contribution in [0, 0.1) is 0 Å². The summed E-state index contributed by atoms with van der Waals surface area (Å²) in [6, 6.07) is 7.39. The summed E-state index contributed by atoms with van der Waals surface area (Å²) in [4.78, 5) is 13.1. The van der Waals surface area contributed by atoms with Crippen LogP contribution in [0.5, 0.6) is 0 Å². The van der Waals surface area contributed by atoms with Crippen LogP contribution in [0.4, 0.5) is 5.82 Å². The van der Waals surface area contributed by atoms with Crippen LogP contribution >= 0.6 is 0 Å². The van der Waals surface area contributed by atoms with E-state index < -0.39 is 0 Å². The predicted octanol–water partition coefficient (Wildman–Crippen LogP) is 3.47. The number of anilines is 1. The highest BCUT2D eigenvalue weighted by molar-refractivity contribution is 5.53. The quantitative estimate of drug-likeness (QED) is 0.589. The van der Waals surface area contributed by atoms with Gasteiger partial charge in [0, 0.05) is 35.8 Å². The molecule has 0 spiro atoms. The van der Waals surface area contributed by atoms with Gasteiger partial charge in [-0.3, -0.25) is 4.98 Å². The van der Waals surface area contributed by atoms with Crippen molar-refractivity contribution in [2.75, 3.05) is 5.32 Å². The van der Waals surface area contributed by atoms with E-state index in [1.807, 2.05) is 31.2 Å². The van der Waals surface area contributed by atoms with E-state index in [1.165, 1.54) is 0 Å². The molecule has 0 aliphatic carbocycles. The van der Waals surface area contributed by atoms with Crippen LogP contribution in [-0.4, -0.2) is 29.7 Å². The van der Waals surface area contributed by atoms with E-state index >= 15 is 0 Å². The third-order valence-corrected chi connectivity index (χ3v) is 4.09. The molecule has 4 aromatic heterocycles. The first-order valence-corrected chi connectivity index (χ1v) is 8.47. The van der Waals surface area contributed by atoms with Gasteiger partial charge in [-0.25, -0.2) is 4.98 Å². The molecule has 132 valence electrons. The van der Waals surface area contributed by atoms with Crippen molar-refractivity contribution in [3.8, 4) is 11.4 Å². The number of rotatable bonds is 5. The Hall–Kier alpha value is -3.29. The highest BCUT2D eigenvalue weighted by Gasteiger charge is 2.17. The van der Waals surface area contributed by atoms with Crippen molar-refractivity contribution in [1.29, 1.82) is 0 Å². The molecule has 4 heterocycles. The molecule has 8 heteroatoms. The zero-order valence-electron chi connectivity index (χ0n) is 14.8. The highest BCUT2D eigenvalue weighted by atomic mass is 16.5. The second kappa shape index (κ2) is 6.55. The summed E-state index contributed by atoms with van der Waals surface area (Å²) >= 11 is 0. The summed E-state index contributed by atoms with van der Waals surface area (Å²) in [5.41, 5.74) is 2.66. The van der Waals surface area contributed by atoms with E-state index in [-0.39, 0.29) is 6.04 Å². The van der Waals surface area contributed by atoms with Gasteiger partial charge in [0.1, 0.15) is 11.9 Å². The molecule has 0 amide bonds. The monoisotopic (exact) mass is 349 g/mol. The molecule has 8 nitrogen and oxygen atoms in total. The number of nitrogens with one attached hydrogen (secondary N) is 1. The maximum atomic E-state index is 5.43. The highest BCUT2D eigenvalue weighted by Crippen LogP contribution is 2.24. The Labute approximate surface area is 150 Å². The lowest BCUT2D eigenvalue weighted by Crippen LogP contribution is -2.12. The Morgan fingerprint density at radius 3 is 2.62 bits per heavy atom. The topological polar surface area (TPSA) is 94.0 Å². The first kappa shape index (κ1) is 16.2. The first-order valence-electron chi connectivity index (χ1n) is 8.47. The summed E-state index contributed by atoms with van der Waals surface area (Å²) in [6.07, 6.45) is 5.13. The lowest BCUT2D eigenvalue weighted by Gasteiger charge is -2.14. The number of fused-ring (bicyclic) bond motifs is 1. The standard InChI is InChI=1S/C18H19N7O/c1-11(2)14-10-16(25-15(22-14)6-9-20-25)21-12(3)18-23-17(24-26-18)13-4-7-19-8-5-13/h4-12,21H,1-3H3. The van der Waals surface area contributed by atoms with Crippen molar-refractivity contribution >= 4 is 11.5 Å². The second-order valence-electron chi connectivity index (χ2n) is 6.38. The van der Waals surface area contributed by atoms with E-state index in [4.69, 9.17) is 4.52 Å². The van der Waals surface area contributed by atoms with Gasteiger partial charge >= 0.3 is 0 Å². The Kier molecular flexibility index (Phi) is 4.08. The number of aromatic nitrogens is 6. The van der Waals surface area contributed by atoms with Crippen molar-refractivity contribution in [3.63, 3.8) is 0 Å². The SMILES string of the molecule is CC(C)c1cc(NC(C)c2nc(-c3ccncc3)no2)n2nccc2n1. The predicted molar refractivity (Wildman–Crippen MR) is 96.6 cm³/mol. The van der Waals surface area contributed by atoms with Crippen LogP contribution in [0.1, 0.15) is 44.3 Å². The molecule has 0 fully saturated rings. The fraction of sp³-hybridized carbons (Fsp3) is 0.278. The first-order chi connectivity index (χ1) is 12.6. The minimum absolute atomic E-state index is 0.187. The Morgan fingerprint density at radius 1 is 1.04 bits per heavy atom. The molecule has 4 aromatic rings. The smallest absolute Gasteiger partial charge is 0.249 e. The molecule has 0 bridgehead atoms. The van der Waals surface area contributed by atoms with Gasteiger partial charge in [-0.05, 0) is 25.0 Å². The average Bonchev–Trinajstić information content (AvgIpc) is 3.32. The van der Waals surface area contributed by atoms with Gasteiger partial charge in [-0.15, -0.1) is 0 Å². The van der Waals surface area contributed by atoms with Gasteiger partial charge in [0.15, 0.2) is 5.65 Å². The average molecular weight is 349 g/mol. The molecule has 0 saturated heterocycles. The summed E-state index contributed by atoms with van der Waals surface area (Å²) in [6.45, 7) is 6.19. The van der Waals surface area contributed by atoms with E-state index in [2.05, 4.69) is 44.4 Å². The van der Waals surface area contributed by atoms with E-state index in [0.29, 0.717) is 17.6 Å². The van der Waals surface area contributed by atoms with Gasteiger partial charge in [-0.1, -0.05) is 19.0 Å². The van der Waals surface area contributed by atoms with Gasteiger partial charge in [0.2, 0.25) is 11.7 Å². The molecule has 0 radical (unpaired) electrons. The van der Waals surface area contributed by atoms with Crippen LogP contribution in [-0.2, 0) is 0 Å². The molecule has 1 N–H and O–H groups in total. The van der Waals surface area contributed by atoms with Crippen molar-refractivity contribution in [2.45, 2.75) is 32.7 Å². The molecule has 26 heavy (non-hydrogen) atoms. The summed E-state index contributed by atoms with van der Waals surface area (Å²) in [5, 5.41) is 11.8. The van der Waals surface area contributed by atoms with Gasteiger partial charge in [0.05, 0.1) is 6.20 Å². The minimum atomic E-state index is -0.187. The second-order valence-corrected chi connectivity index (χ2v) is 6.38. The van der Waals surface area contributed by atoms with Gasteiger partial charge in [0.25, 0.3) is 0 Å². The van der Waals surface area contributed by atoms with Crippen molar-refractivity contribution in [3.05, 3.63) is 54.4 Å². The third kappa shape index (κ3) is 3.01. The van der Waals surface area contributed by atoms with Crippen LogP contribution in [0.3, 0.4) is 0 Å². The summed E-state index contributed by atoms with van der Waals surface area (Å²) in [5.74, 6) is 2.19. The zero-order valence-corrected chi connectivity index (χ0v) is 14.8. The zero-order chi connectivity index (χ0) is 18.1. The van der Waals surface area contributed by atoms with Gasteiger partial charge < -0.3 is 9.84 Å². The normalized spacial score (nSPS) is 12.6. The Bertz CT molecular complexity index is 1020. The van der Waals surface area contributed by atoms with Crippen molar-refractivity contribution in [1.82, 2.24) is 29.7 Å². The van der Waals surface area contributed by atoms with Crippen LogP contribution in [0.2, 0.25) is 0 Å². The van der Waals surface area contributed by atoms with Crippen LogP contribution in [0.15, 0.2) is 47.4 Å². The largest absolute Gasteiger partial charge is 0.358 e. The molecule has 1 unspecified atom stereocenters. The Balaban J connectivity index is 1.63. The molecule has 0 saturated carbocycles. The number of pyridine rings is 1. The number of hydrogen-bond acceptors (Lipinski definition) is 7. The van der Waals surface area contributed by atoms with E-state index in [1.54, 1.807) is 23.1 Å². The molecule has 1 atom stereocenters. The third-order valence-electron chi connectivity index (χ3n) is 4.09. The Morgan fingerprint density at radius 2 is 1.85 bits per heavy atom. The molecule has 0 aromatic carbocycles. The number of nitrogens with zero attached hydrogens (tertiary/aromatic N) is 6. The van der Waals surface area contributed by atoms with E-state index in [0.717, 1.165) is 22.7 Å². The number of hydrogen-bond donors (Lipinski definition) is 1. The van der Waals surface area contributed by atoms with Crippen molar-refractivity contribution in [2.24, 2.45) is 0 Å². The molecular formula is C18H19N7O. The lowest BCUT2D eigenvalue weighted by atomic mass is 10.1. The molecular weight excluding hydrogens is 330 g/mol. The minimum Gasteiger partial charge on any atom is -0.358 e. The molecule has 0 aliphatic rings. The van der Waals surface area contributed by atoms with E-state index in [9.17, 15) is 0 Å². The summed E-state index contributed by atoms with van der Waals surface area (Å²) in [7, 11) is 0. The fourth-order valence-corrected chi connectivity index (χ4v) is 2.64. The van der Waals surface area contributed by atoms with Crippen molar-refractivity contribution < 1.29 is 4.52 Å². The summed E-state index contributed by atoms with van der Waals surface area (Å²) < 4.78 is 7.20. The van der Waals surface area contributed by atoms with Crippen LogP contribution < -0.4 is 5.32 Å².